The summed E-state index contributed by atoms with van der Waals surface area (Å²) in [5.74, 6) is -0.628. The number of oxime groups is 1. The van der Waals surface area contributed by atoms with Gasteiger partial charge in [-0.25, -0.2) is 4.79 Å². The van der Waals surface area contributed by atoms with Gasteiger partial charge in [-0.1, -0.05) is 34.4 Å². The standard InChI is InChI=1S/C19H16Cl2F3NO4/c1-10-5-11(3-4-15(10)17(26)29-2)16(25-28)9-18(27,19(22,23)24)12-6-13(20)8-14(21)7-12/h3-8,27-28H,9H2,1-2H3/b25-16-/t18-/m0/s1. The Balaban J connectivity index is 2.52. The number of hydrogen-bond acceptors (Lipinski definition) is 5. The molecule has 0 amide bonds. The fourth-order valence-corrected chi connectivity index (χ4v) is 3.30. The second-order valence-corrected chi connectivity index (χ2v) is 7.13. The van der Waals surface area contributed by atoms with Crippen LogP contribution in [0.2, 0.25) is 10.0 Å². The first kappa shape index (κ1) is 23.0. The SMILES string of the molecule is COC(=O)c1ccc(/C(C[C@](O)(c2cc(Cl)cc(Cl)c2)C(F)(F)F)=N\O)cc1C. The van der Waals surface area contributed by atoms with E-state index < -0.39 is 35.4 Å². The van der Waals surface area contributed by atoms with Crippen LogP contribution in [0, 0.1) is 6.92 Å². The number of alkyl halides is 3. The molecule has 0 aliphatic heterocycles. The minimum Gasteiger partial charge on any atom is -0.465 e. The largest absolute Gasteiger partial charge is 0.465 e. The van der Waals surface area contributed by atoms with Crippen molar-refractivity contribution < 1.29 is 33.0 Å². The lowest BCUT2D eigenvalue weighted by Gasteiger charge is -2.31. The quantitative estimate of drug-likeness (QED) is 0.287. The fourth-order valence-electron chi connectivity index (χ4n) is 2.78. The van der Waals surface area contributed by atoms with E-state index in [9.17, 15) is 28.3 Å². The van der Waals surface area contributed by atoms with Crippen molar-refractivity contribution in [3.05, 3.63) is 68.7 Å². The van der Waals surface area contributed by atoms with Gasteiger partial charge in [-0.2, -0.15) is 13.2 Å². The van der Waals surface area contributed by atoms with Crippen molar-refractivity contribution in [3.8, 4) is 0 Å². The summed E-state index contributed by atoms with van der Waals surface area (Å²) < 4.78 is 46.1. The third kappa shape index (κ3) is 4.83. The molecule has 0 saturated carbocycles. The van der Waals surface area contributed by atoms with Crippen molar-refractivity contribution in [3.63, 3.8) is 0 Å². The topological polar surface area (TPSA) is 79.1 Å². The molecule has 10 heteroatoms. The highest BCUT2D eigenvalue weighted by Gasteiger charge is 2.56. The number of halogens is 5. The highest BCUT2D eigenvalue weighted by molar-refractivity contribution is 6.34. The van der Waals surface area contributed by atoms with Crippen LogP contribution in [0.3, 0.4) is 0 Å². The van der Waals surface area contributed by atoms with Crippen LogP contribution < -0.4 is 0 Å². The normalized spacial score (nSPS) is 14.4. The van der Waals surface area contributed by atoms with E-state index in [1.807, 2.05) is 0 Å². The van der Waals surface area contributed by atoms with Crippen LogP contribution in [0.1, 0.15) is 33.5 Å². The molecule has 1 atom stereocenters. The zero-order chi connectivity index (χ0) is 22.0. The molecule has 5 nitrogen and oxygen atoms in total. The van der Waals surface area contributed by atoms with Gasteiger partial charge in [-0.3, -0.25) is 0 Å². The van der Waals surface area contributed by atoms with Crippen LogP contribution in [0.25, 0.3) is 0 Å². The Labute approximate surface area is 174 Å². The van der Waals surface area contributed by atoms with Crippen LogP contribution in [0.5, 0.6) is 0 Å². The first-order valence-corrected chi connectivity index (χ1v) is 8.84. The average Bonchev–Trinajstić information content (AvgIpc) is 2.63. The maximum Gasteiger partial charge on any atom is 0.421 e. The molecule has 156 valence electrons. The van der Waals surface area contributed by atoms with Crippen LogP contribution >= 0.6 is 23.2 Å². The molecule has 29 heavy (non-hydrogen) atoms. The van der Waals surface area contributed by atoms with Gasteiger partial charge >= 0.3 is 12.1 Å². The summed E-state index contributed by atoms with van der Waals surface area (Å²) >= 11 is 11.6. The van der Waals surface area contributed by atoms with Crippen LogP contribution in [-0.2, 0) is 10.3 Å². The number of rotatable bonds is 5. The van der Waals surface area contributed by atoms with Crippen molar-refractivity contribution in [2.24, 2.45) is 5.16 Å². The van der Waals surface area contributed by atoms with Gasteiger partial charge in [0.05, 0.1) is 18.4 Å². The number of aryl methyl sites for hydroxylation is 1. The van der Waals surface area contributed by atoms with E-state index in [4.69, 9.17) is 23.2 Å². The summed E-state index contributed by atoms with van der Waals surface area (Å²) in [5.41, 5.74) is -3.84. The second kappa shape index (κ2) is 8.61. The number of nitrogens with zero attached hydrogens (tertiary/aromatic N) is 1. The van der Waals surface area contributed by atoms with E-state index >= 15 is 0 Å². The molecule has 0 aliphatic rings. The van der Waals surface area contributed by atoms with E-state index in [-0.39, 0.29) is 21.2 Å². The summed E-state index contributed by atoms with van der Waals surface area (Å²) in [4.78, 5) is 11.7. The van der Waals surface area contributed by atoms with E-state index in [1.165, 1.54) is 38.3 Å². The Morgan fingerprint density at radius 1 is 1.14 bits per heavy atom. The lowest BCUT2D eigenvalue weighted by atomic mass is 9.85. The maximum absolute atomic E-state index is 13.8. The number of methoxy groups -OCH3 is 1. The molecule has 0 saturated heterocycles. The third-order valence-electron chi connectivity index (χ3n) is 4.32. The molecular formula is C19H16Cl2F3NO4. The molecule has 0 radical (unpaired) electrons. The van der Waals surface area contributed by atoms with E-state index in [0.29, 0.717) is 5.56 Å². The predicted octanol–water partition coefficient (Wildman–Crippen LogP) is 5.11. The number of ether oxygens (including phenoxy) is 1. The van der Waals surface area contributed by atoms with E-state index in [0.717, 1.165) is 12.1 Å². The third-order valence-corrected chi connectivity index (χ3v) is 4.75. The van der Waals surface area contributed by atoms with Crippen molar-refractivity contribution in [1.82, 2.24) is 0 Å². The fraction of sp³-hybridized carbons (Fsp3) is 0.263. The van der Waals surface area contributed by atoms with Crippen molar-refractivity contribution in [2.45, 2.75) is 25.1 Å². The molecule has 0 spiro atoms. The van der Waals surface area contributed by atoms with Gasteiger partial charge in [-0.05, 0) is 53.9 Å². The lowest BCUT2D eigenvalue weighted by molar-refractivity contribution is -0.263. The summed E-state index contributed by atoms with van der Waals surface area (Å²) in [6.45, 7) is 1.54. The maximum atomic E-state index is 13.8. The van der Waals surface area contributed by atoms with Crippen LogP contribution in [0.4, 0.5) is 13.2 Å². The highest BCUT2D eigenvalue weighted by Crippen LogP contribution is 2.44. The minimum atomic E-state index is -5.14. The summed E-state index contributed by atoms with van der Waals surface area (Å²) in [5, 5.41) is 22.7. The Kier molecular flexibility index (Phi) is 6.82. The zero-order valence-electron chi connectivity index (χ0n) is 15.2. The van der Waals surface area contributed by atoms with Crippen LogP contribution in [0.15, 0.2) is 41.6 Å². The smallest absolute Gasteiger partial charge is 0.421 e. The molecular weight excluding hydrogens is 434 g/mol. The van der Waals surface area contributed by atoms with E-state index in [1.54, 1.807) is 0 Å². The van der Waals surface area contributed by atoms with E-state index in [2.05, 4.69) is 9.89 Å². The van der Waals surface area contributed by atoms with Gasteiger partial charge in [0.25, 0.3) is 0 Å². The molecule has 0 heterocycles. The average molecular weight is 450 g/mol. The Morgan fingerprint density at radius 3 is 2.17 bits per heavy atom. The molecule has 0 aliphatic carbocycles. The molecule has 0 bridgehead atoms. The second-order valence-electron chi connectivity index (χ2n) is 6.26. The number of hydrogen-bond donors (Lipinski definition) is 2. The molecule has 2 aromatic carbocycles. The number of carbonyl (C=O) groups is 1. The first-order valence-electron chi connectivity index (χ1n) is 8.09. The summed E-state index contributed by atoms with van der Waals surface area (Å²) in [7, 11) is 1.19. The lowest BCUT2D eigenvalue weighted by Crippen LogP contribution is -2.44. The molecule has 0 fully saturated rings. The van der Waals surface area contributed by atoms with Gasteiger partial charge in [-0.15, -0.1) is 0 Å². The summed E-state index contributed by atoms with van der Waals surface area (Å²) in [6.07, 6.45) is -6.27. The van der Waals surface area contributed by atoms with Crippen molar-refractivity contribution >= 4 is 34.9 Å². The Bertz CT molecular complexity index is 943. The van der Waals surface area contributed by atoms with Gasteiger partial charge in [0.1, 0.15) is 0 Å². The highest BCUT2D eigenvalue weighted by atomic mass is 35.5. The first-order chi connectivity index (χ1) is 13.4. The Morgan fingerprint density at radius 2 is 1.72 bits per heavy atom. The number of aliphatic hydroxyl groups is 1. The van der Waals surface area contributed by atoms with Gasteiger partial charge in [0.2, 0.25) is 0 Å². The monoisotopic (exact) mass is 449 g/mol. The number of benzene rings is 2. The molecule has 2 N–H and O–H groups in total. The van der Waals surface area contributed by atoms with Gasteiger partial charge in [0.15, 0.2) is 5.60 Å². The van der Waals surface area contributed by atoms with Crippen molar-refractivity contribution in [2.75, 3.05) is 7.11 Å². The zero-order valence-corrected chi connectivity index (χ0v) is 16.7. The molecule has 2 rings (SSSR count). The minimum absolute atomic E-state index is 0.0773. The number of carbonyl (C=O) groups excluding carboxylic acids is 1. The predicted molar refractivity (Wildman–Crippen MR) is 102 cm³/mol. The Hall–Kier alpha value is -2.29. The van der Waals surface area contributed by atoms with Gasteiger partial charge in [0, 0.05) is 16.5 Å². The summed E-state index contributed by atoms with van der Waals surface area (Å²) in [6, 6.07) is 7.05. The molecule has 0 unspecified atom stereocenters. The number of esters is 1. The van der Waals surface area contributed by atoms with Crippen LogP contribution in [-0.4, -0.2) is 35.3 Å². The van der Waals surface area contributed by atoms with Crippen molar-refractivity contribution in [1.29, 1.82) is 0 Å². The van der Waals surface area contributed by atoms with Gasteiger partial charge < -0.3 is 15.1 Å². The molecule has 2 aromatic rings. The molecule has 0 aromatic heterocycles.